The molecule has 0 aliphatic carbocycles. The van der Waals surface area contributed by atoms with Gasteiger partial charge in [-0.3, -0.25) is 9.18 Å². The number of amides is 1. The Bertz CT molecular complexity index is 123. The Hall–Kier alpha value is -0.600. The molecule has 0 radical (unpaired) electrons. The van der Waals surface area contributed by atoms with Gasteiger partial charge >= 0.3 is 0 Å². The van der Waals surface area contributed by atoms with Gasteiger partial charge in [0.2, 0.25) is 5.91 Å². The highest BCUT2D eigenvalue weighted by molar-refractivity contribution is 5.76. The van der Waals surface area contributed by atoms with E-state index in [1.807, 2.05) is 0 Å². The third-order valence-electron chi connectivity index (χ3n) is 1.73. The first-order valence-electron chi connectivity index (χ1n) is 3.68. The fourth-order valence-corrected chi connectivity index (χ4v) is 0.942. The number of carbonyl (C=O) groups is 1. The lowest BCUT2D eigenvalue weighted by atomic mass is 10.2. The lowest BCUT2D eigenvalue weighted by Gasteiger charge is -2.30. The van der Waals surface area contributed by atoms with Crippen molar-refractivity contribution in [3.63, 3.8) is 0 Å². The van der Waals surface area contributed by atoms with Gasteiger partial charge in [-0.2, -0.15) is 0 Å². The van der Waals surface area contributed by atoms with Gasteiger partial charge in [-0.15, -0.1) is 0 Å². The summed E-state index contributed by atoms with van der Waals surface area (Å²) in [5.74, 6) is 0.115. The van der Waals surface area contributed by atoms with Crippen LogP contribution in [0.1, 0.15) is 19.3 Å². The van der Waals surface area contributed by atoms with Crippen molar-refractivity contribution in [2.24, 2.45) is 0 Å². The summed E-state index contributed by atoms with van der Waals surface area (Å²) >= 11 is 0. The van der Waals surface area contributed by atoms with Crippen molar-refractivity contribution >= 4 is 5.91 Å². The van der Waals surface area contributed by atoms with Crippen LogP contribution in [0.15, 0.2) is 0 Å². The van der Waals surface area contributed by atoms with E-state index in [9.17, 15) is 9.18 Å². The Morgan fingerprint density at radius 1 is 1.50 bits per heavy atom. The van der Waals surface area contributed by atoms with Gasteiger partial charge in [0, 0.05) is 19.5 Å². The number of nitrogens with zero attached hydrogens (tertiary/aromatic N) is 1. The van der Waals surface area contributed by atoms with Crippen molar-refractivity contribution < 1.29 is 9.18 Å². The zero-order valence-corrected chi connectivity index (χ0v) is 5.98. The van der Waals surface area contributed by atoms with E-state index in [1.165, 1.54) is 0 Å². The van der Waals surface area contributed by atoms with E-state index in [1.54, 1.807) is 4.90 Å². The second-order valence-corrected chi connectivity index (χ2v) is 2.53. The predicted octanol–water partition coefficient (Wildman–Crippen LogP) is 0.968. The molecule has 0 saturated carbocycles. The molecule has 1 aliphatic rings. The maximum Gasteiger partial charge on any atom is 0.222 e. The summed E-state index contributed by atoms with van der Waals surface area (Å²) in [7, 11) is 0. The number of rotatable bonds is 3. The van der Waals surface area contributed by atoms with Crippen molar-refractivity contribution in [1.29, 1.82) is 0 Å². The highest BCUT2D eigenvalue weighted by Gasteiger charge is 2.18. The minimum absolute atomic E-state index is 0.115. The van der Waals surface area contributed by atoms with Crippen molar-refractivity contribution in [3.05, 3.63) is 0 Å². The number of halogens is 1. The molecular weight excluding hydrogens is 133 g/mol. The molecule has 1 saturated heterocycles. The number of hydrogen-bond acceptors (Lipinski definition) is 1. The van der Waals surface area contributed by atoms with Crippen LogP contribution in [0.2, 0.25) is 0 Å². The SMILES string of the molecule is O=C(CCCF)N1CCC1. The van der Waals surface area contributed by atoms with Crippen LogP contribution in [0.4, 0.5) is 4.39 Å². The van der Waals surface area contributed by atoms with E-state index >= 15 is 0 Å². The van der Waals surface area contributed by atoms with E-state index in [-0.39, 0.29) is 12.6 Å². The maximum atomic E-state index is 11.6. The van der Waals surface area contributed by atoms with Crippen LogP contribution < -0.4 is 0 Å². The lowest BCUT2D eigenvalue weighted by molar-refractivity contribution is -0.134. The van der Waals surface area contributed by atoms with Gasteiger partial charge in [0.25, 0.3) is 0 Å². The number of likely N-dealkylation sites (tertiary alicyclic amines) is 1. The van der Waals surface area contributed by atoms with Crippen LogP contribution >= 0.6 is 0 Å². The van der Waals surface area contributed by atoms with Crippen LogP contribution in [0, 0.1) is 0 Å². The minimum atomic E-state index is -0.375. The van der Waals surface area contributed by atoms with Crippen LogP contribution in [-0.4, -0.2) is 30.6 Å². The van der Waals surface area contributed by atoms with E-state index in [4.69, 9.17) is 0 Å². The second-order valence-electron chi connectivity index (χ2n) is 2.53. The molecule has 2 nitrogen and oxygen atoms in total. The van der Waals surface area contributed by atoms with Gasteiger partial charge in [-0.25, -0.2) is 0 Å². The number of hydrogen-bond donors (Lipinski definition) is 0. The quantitative estimate of drug-likeness (QED) is 0.579. The van der Waals surface area contributed by atoms with Crippen molar-refractivity contribution in [2.75, 3.05) is 19.8 Å². The minimum Gasteiger partial charge on any atom is -0.343 e. The van der Waals surface area contributed by atoms with E-state index in [0.29, 0.717) is 12.8 Å². The maximum absolute atomic E-state index is 11.6. The highest BCUT2D eigenvalue weighted by Crippen LogP contribution is 2.08. The topological polar surface area (TPSA) is 20.3 Å². The first-order chi connectivity index (χ1) is 4.84. The fraction of sp³-hybridized carbons (Fsp3) is 0.857. The third kappa shape index (κ3) is 1.69. The molecule has 1 amide bonds. The summed E-state index contributed by atoms with van der Waals surface area (Å²) in [5.41, 5.74) is 0. The molecule has 0 aromatic carbocycles. The van der Waals surface area contributed by atoms with Gasteiger partial charge < -0.3 is 4.90 Å². The van der Waals surface area contributed by atoms with Gasteiger partial charge in [0.05, 0.1) is 6.67 Å². The largest absolute Gasteiger partial charge is 0.343 e. The molecule has 0 bridgehead atoms. The summed E-state index contributed by atoms with van der Waals surface area (Å²) in [6, 6.07) is 0. The highest BCUT2D eigenvalue weighted by atomic mass is 19.1. The predicted molar refractivity (Wildman–Crippen MR) is 36.4 cm³/mol. The molecule has 58 valence electrons. The smallest absolute Gasteiger partial charge is 0.222 e. The molecule has 3 heteroatoms. The monoisotopic (exact) mass is 145 g/mol. The molecule has 0 aromatic rings. The van der Waals surface area contributed by atoms with E-state index in [0.717, 1.165) is 19.5 Å². The Morgan fingerprint density at radius 2 is 2.20 bits per heavy atom. The number of alkyl halides is 1. The van der Waals surface area contributed by atoms with Gasteiger partial charge in [-0.05, 0) is 12.8 Å². The second kappa shape index (κ2) is 3.54. The average Bonchev–Trinajstić information content (AvgIpc) is 1.79. The van der Waals surface area contributed by atoms with Gasteiger partial charge in [0.15, 0.2) is 0 Å². The summed E-state index contributed by atoms with van der Waals surface area (Å²) in [4.78, 5) is 12.7. The van der Waals surface area contributed by atoms with Crippen molar-refractivity contribution in [3.8, 4) is 0 Å². The van der Waals surface area contributed by atoms with Crippen molar-refractivity contribution in [2.45, 2.75) is 19.3 Å². The van der Waals surface area contributed by atoms with Crippen LogP contribution in [0.25, 0.3) is 0 Å². The lowest BCUT2D eigenvalue weighted by Crippen LogP contribution is -2.41. The summed E-state index contributed by atoms with van der Waals surface area (Å²) in [5, 5.41) is 0. The first-order valence-corrected chi connectivity index (χ1v) is 3.68. The molecule has 1 heterocycles. The molecule has 0 unspecified atom stereocenters. The fourth-order valence-electron chi connectivity index (χ4n) is 0.942. The summed E-state index contributed by atoms with van der Waals surface area (Å²) in [6.07, 6.45) is 1.88. The Morgan fingerprint density at radius 3 is 2.60 bits per heavy atom. The van der Waals surface area contributed by atoms with Crippen LogP contribution in [0.3, 0.4) is 0 Å². The van der Waals surface area contributed by atoms with Crippen LogP contribution in [-0.2, 0) is 4.79 Å². The molecule has 1 rings (SSSR count). The molecule has 0 spiro atoms. The average molecular weight is 145 g/mol. The molecule has 1 fully saturated rings. The van der Waals surface area contributed by atoms with Gasteiger partial charge in [-0.1, -0.05) is 0 Å². The van der Waals surface area contributed by atoms with Crippen LogP contribution in [0.5, 0.6) is 0 Å². The zero-order chi connectivity index (χ0) is 7.40. The van der Waals surface area contributed by atoms with E-state index in [2.05, 4.69) is 0 Å². The van der Waals surface area contributed by atoms with Crippen molar-refractivity contribution in [1.82, 2.24) is 4.90 Å². The standard InChI is InChI=1S/C7H12FNO/c8-4-1-3-7(10)9-5-2-6-9/h1-6H2. The Kier molecular flexibility index (Phi) is 2.66. The normalized spacial score (nSPS) is 16.7. The Balaban J connectivity index is 2.08. The molecule has 0 N–H and O–H groups in total. The third-order valence-corrected chi connectivity index (χ3v) is 1.73. The molecule has 0 aromatic heterocycles. The zero-order valence-electron chi connectivity index (χ0n) is 5.98. The van der Waals surface area contributed by atoms with Gasteiger partial charge in [0.1, 0.15) is 0 Å². The van der Waals surface area contributed by atoms with E-state index < -0.39 is 0 Å². The summed E-state index contributed by atoms with van der Waals surface area (Å²) < 4.78 is 11.6. The molecule has 0 atom stereocenters. The molecule has 10 heavy (non-hydrogen) atoms. The number of carbonyl (C=O) groups excluding carboxylic acids is 1. The molecular formula is C7H12FNO. The first kappa shape index (κ1) is 7.51. The Labute approximate surface area is 60.0 Å². The summed E-state index contributed by atoms with van der Waals surface area (Å²) in [6.45, 7) is 1.38. The molecule has 1 aliphatic heterocycles.